The van der Waals surface area contributed by atoms with E-state index in [1.54, 1.807) is 19.2 Å². The van der Waals surface area contributed by atoms with Crippen LogP contribution in [0.1, 0.15) is 23.1 Å². The van der Waals surface area contributed by atoms with Gasteiger partial charge in [-0.25, -0.2) is 4.99 Å². The number of hydrogen-bond acceptors (Lipinski definition) is 4. The number of carbonyl (C=O) groups is 2. The van der Waals surface area contributed by atoms with Crippen LogP contribution in [0, 0.1) is 20.8 Å². The molecule has 0 aliphatic carbocycles. The molecule has 28 heavy (non-hydrogen) atoms. The molecular weight excluding hydrogens is 394 g/mol. The monoisotopic (exact) mass is 415 g/mol. The van der Waals surface area contributed by atoms with Gasteiger partial charge in [-0.15, -0.1) is 0 Å². The van der Waals surface area contributed by atoms with E-state index in [-0.39, 0.29) is 18.2 Å². The van der Waals surface area contributed by atoms with E-state index in [4.69, 9.17) is 11.6 Å². The predicted molar refractivity (Wildman–Crippen MR) is 117 cm³/mol. The molecule has 1 saturated heterocycles. The maximum absolute atomic E-state index is 12.6. The van der Waals surface area contributed by atoms with Crippen LogP contribution in [0.15, 0.2) is 41.4 Å². The van der Waals surface area contributed by atoms with E-state index < -0.39 is 5.25 Å². The fourth-order valence-electron chi connectivity index (χ4n) is 2.86. The van der Waals surface area contributed by atoms with E-state index >= 15 is 0 Å². The molecule has 7 heteroatoms. The third-order valence-corrected chi connectivity index (χ3v) is 6.24. The number of nitrogens with one attached hydrogen (secondary N) is 1. The van der Waals surface area contributed by atoms with Gasteiger partial charge in [0.2, 0.25) is 11.8 Å². The maximum atomic E-state index is 12.6. The predicted octanol–water partition coefficient (Wildman–Crippen LogP) is 4.86. The van der Waals surface area contributed by atoms with Crippen LogP contribution in [-0.2, 0) is 9.59 Å². The van der Waals surface area contributed by atoms with Crippen molar-refractivity contribution in [3.05, 3.63) is 58.1 Å². The van der Waals surface area contributed by atoms with Gasteiger partial charge >= 0.3 is 0 Å². The number of aryl methyl sites for hydroxylation is 2. The number of amides is 2. The number of hydrogen-bond donors (Lipinski definition) is 1. The van der Waals surface area contributed by atoms with Crippen molar-refractivity contribution >= 4 is 51.7 Å². The van der Waals surface area contributed by atoms with Gasteiger partial charge in [0.1, 0.15) is 5.25 Å². The summed E-state index contributed by atoms with van der Waals surface area (Å²) >= 11 is 7.36. The minimum Gasteiger partial charge on any atom is -0.326 e. The summed E-state index contributed by atoms with van der Waals surface area (Å²) in [6, 6.07) is 11.2. The maximum Gasteiger partial charge on any atom is 0.242 e. The van der Waals surface area contributed by atoms with Crippen molar-refractivity contribution in [3.63, 3.8) is 0 Å². The number of anilines is 1. The van der Waals surface area contributed by atoms with Crippen LogP contribution in [0.2, 0.25) is 5.02 Å². The largest absolute Gasteiger partial charge is 0.326 e. The SMILES string of the molecule is Cc1ccc(Cl)cc1N=C1S[C@@H](CC(=O)Nc2cccc(C)c2C)C(=O)N1C. The van der Waals surface area contributed by atoms with Gasteiger partial charge in [-0.1, -0.05) is 41.6 Å². The molecule has 2 aromatic carbocycles. The molecule has 2 amide bonds. The summed E-state index contributed by atoms with van der Waals surface area (Å²) in [5, 5.41) is 3.58. The molecule has 1 fully saturated rings. The molecule has 146 valence electrons. The Hall–Kier alpha value is -2.31. The first kappa shape index (κ1) is 20.4. The van der Waals surface area contributed by atoms with Gasteiger partial charge in [0.15, 0.2) is 5.17 Å². The molecule has 1 N–H and O–H groups in total. The molecule has 5 nitrogen and oxygen atoms in total. The molecule has 1 aliphatic rings. The van der Waals surface area contributed by atoms with E-state index in [0.29, 0.717) is 10.2 Å². The average molecular weight is 416 g/mol. The van der Waals surface area contributed by atoms with E-state index in [1.165, 1.54) is 16.7 Å². The lowest BCUT2D eigenvalue weighted by molar-refractivity contribution is -0.127. The van der Waals surface area contributed by atoms with Crippen molar-refractivity contribution in [1.29, 1.82) is 0 Å². The molecule has 3 rings (SSSR count). The van der Waals surface area contributed by atoms with Gasteiger partial charge in [-0.3, -0.25) is 14.5 Å². The van der Waals surface area contributed by atoms with Crippen molar-refractivity contribution in [2.24, 2.45) is 4.99 Å². The first-order valence-corrected chi connectivity index (χ1v) is 10.2. The highest BCUT2D eigenvalue weighted by Crippen LogP contribution is 2.32. The van der Waals surface area contributed by atoms with E-state index in [2.05, 4.69) is 10.3 Å². The van der Waals surface area contributed by atoms with Crippen LogP contribution in [0.25, 0.3) is 0 Å². The highest BCUT2D eigenvalue weighted by Gasteiger charge is 2.37. The second kappa shape index (κ2) is 8.37. The molecule has 0 aromatic heterocycles. The van der Waals surface area contributed by atoms with Gasteiger partial charge in [0, 0.05) is 24.2 Å². The fourth-order valence-corrected chi connectivity index (χ4v) is 4.17. The lowest BCUT2D eigenvalue weighted by Gasteiger charge is -2.12. The van der Waals surface area contributed by atoms with Crippen LogP contribution in [0.4, 0.5) is 11.4 Å². The molecular formula is C21H22ClN3O2S. The number of thioether (sulfide) groups is 1. The summed E-state index contributed by atoms with van der Waals surface area (Å²) in [5.41, 5.74) is 4.59. The first-order valence-electron chi connectivity index (χ1n) is 8.91. The van der Waals surface area contributed by atoms with E-state index in [9.17, 15) is 9.59 Å². The Labute approximate surface area is 174 Å². The first-order chi connectivity index (χ1) is 13.3. The molecule has 0 saturated carbocycles. The number of carbonyl (C=O) groups excluding carboxylic acids is 2. The van der Waals surface area contributed by atoms with Crippen molar-refractivity contribution in [2.45, 2.75) is 32.4 Å². The van der Waals surface area contributed by atoms with Gasteiger partial charge in [-0.2, -0.15) is 0 Å². The summed E-state index contributed by atoms with van der Waals surface area (Å²) in [5.74, 6) is -0.312. The summed E-state index contributed by atoms with van der Waals surface area (Å²) in [6.45, 7) is 5.90. The minimum atomic E-state index is -0.492. The summed E-state index contributed by atoms with van der Waals surface area (Å²) in [6.07, 6.45) is 0.0920. The topological polar surface area (TPSA) is 61.8 Å². The third kappa shape index (κ3) is 4.39. The zero-order valence-electron chi connectivity index (χ0n) is 16.2. The molecule has 2 aromatic rings. The minimum absolute atomic E-state index is 0.0920. The standard InChI is InChI=1S/C21H22ClN3O2S/c1-12-6-5-7-16(14(12)3)23-19(26)11-18-20(27)25(4)21(28-18)24-17-10-15(22)9-8-13(17)2/h5-10,18H,11H2,1-4H3,(H,23,26)/t18-/m0/s1. The van der Waals surface area contributed by atoms with Crippen LogP contribution in [-0.4, -0.2) is 34.2 Å². The Morgan fingerprint density at radius 3 is 2.71 bits per heavy atom. The number of amidine groups is 1. The van der Waals surface area contributed by atoms with Gasteiger partial charge in [0.05, 0.1) is 5.69 Å². The third-order valence-electron chi connectivity index (χ3n) is 4.78. The summed E-state index contributed by atoms with van der Waals surface area (Å²) < 4.78 is 0. The highest BCUT2D eigenvalue weighted by molar-refractivity contribution is 8.15. The fraction of sp³-hybridized carbons (Fsp3) is 0.286. The Morgan fingerprint density at radius 2 is 1.96 bits per heavy atom. The van der Waals surface area contributed by atoms with Crippen molar-refractivity contribution in [1.82, 2.24) is 4.90 Å². The highest BCUT2D eigenvalue weighted by atomic mass is 35.5. The van der Waals surface area contributed by atoms with Crippen LogP contribution in [0.3, 0.4) is 0 Å². The Balaban J connectivity index is 1.73. The van der Waals surface area contributed by atoms with E-state index in [1.807, 2.05) is 45.0 Å². The number of rotatable bonds is 4. The van der Waals surface area contributed by atoms with Gasteiger partial charge < -0.3 is 5.32 Å². The quantitative estimate of drug-likeness (QED) is 0.775. The Bertz CT molecular complexity index is 974. The number of benzene rings is 2. The van der Waals surface area contributed by atoms with Gasteiger partial charge in [0.25, 0.3) is 0 Å². The lowest BCUT2D eigenvalue weighted by Crippen LogP contribution is -2.30. The summed E-state index contributed by atoms with van der Waals surface area (Å²) in [4.78, 5) is 31.2. The molecule has 0 unspecified atom stereocenters. The molecule has 0 spiro atoms. The number of nitrogens with zero attached hydrogens (tertiary/aromatic N) is 2. The van der Waals surface area contributed by atoms with Crippen LogP contribution in [0.5, 0.6) is 0 Å². The lowest BCUT2D eigenvalue weighted by atomic mass is 10.1. The molecule has 1 heterocycles. The van der Waals surface area contributed by atoms with Crippen LogP contribution < -0.4 is 5.32 Å². The average Bonchev–Trinajstić information content (AvgIpc) is 2.90. The van der Waals surface area contributed by atoms with Crippen LogP contribution >= 0.6 is 23.4 Å². The normalized spacial score (nSPS) is 18.0. The second-order valence-corrected chi connectivity index (χ2v) is 8.44. The van der Waals surface area contributed by atoms with E-state index in [0.717, 1.165) is 28.1 Å². The van der Waals surface area contributed by atoms with Crippen molar-refractivity contribution in [2.75, 3.05) is 12.4 Å². The zero-order chi connectivity index (χ0) is 20.4. The Kier molecular flexibility index (Phi) is 6.10. The van der Waals surface area contributed by atoms with Gasteiger partial charge in [-0.05, 0) is 55.7 Å². The second-order valence-electron chi connectivity index (χ2n) is 6.83. The molecule has 0 bridgehead atoms. The molecule has 0 radical (unpaired) electrons. The van der Waals surface area contributed by atoms with Crippen molar-refractivity contribution in [3.8, 4) is 0 Å². The number of halogens is 1. The number of aliphatic imine (C=N–C) groups is 1. The zero-order valence-corrected chi connectivity index (χ0v) is 17.8. The molecule has 1 aliphatic heterocycles. The summed E-state index contributed by atoms with van der Waals surface area (Å²) in [7, 11) is 1.68. The Morgan fingerprint density at radius 1 is 1.21 bits per heavy atom. The van der Waals surface area contributed by atoms with Crippen molar-refractivity contribution < 1.29 is 9.59 Å². The molecule has 1 atom stereocenters. The smallest absolute Gasteiger partial charge is 0.242 e.